The highest BCUT2D eigenvalue weighted by atomic mass is 32.1. The molecule has 0 unspecified atom stereocenters. The number of rotatable bonds is 2. The van der Waals surface area contributed by atoms with Crippen LogP contribution < -0.4 is 10.2 Å². The van der Waals surface area contributed by atoms with Gasteiger partial charge in [0.25, 0.3) is 0 Å². The van der Waals surface area contributed by atoms with Crippen molar-refractivity contribution in [2.75, 3.05) is 24.5 Å². The van der Waals surface area contributed by atoms with Crippen LogP contribution in [-0.2, 0) is 0 Å². The third-order valence-electron chi connectivity index (χ3n) is 3.24. The average Bonchev–Trinajstić information content (AvgIpc) is 2.97. The summed E-state index contributed by atoms with van der Waals surface area (Å²) in [4.78, 5) is 6.83. The molecule has 5 nitrogen and oxygen atoms in total. The number of aryl methyl sites for hydroxylation is 1. The van der Waals surface area contributed by atoms with Crippen LogP contribution in [0.4, 0.5) is 5.95 Å². The molecule has 6 heteroatoms. The molecule has 1 atom stereocenters. The Bertz CT molecular complexity index is 532. The van der Waals surface area contributed by atoms with Crippen molar-refractivity contribution in [1.82, 2.24) is 20.5 Å². The Morgan fingerprint density at radius 3 is 3.06 bits per heavy atom. The van der Waals surface area contributed by atoms with Crippen molar-refractivity contribution in [2.24, 2.45) is 0 Å². The number of hydrogen-bond acceptors (Lipinski definition) is 5. The number of thiophene rings is 1. The minimum absolute atomic E-state index is 0.489. The molecule has 1 fully saturated rings. The molecule has 0 aromatic carbocycles. The molecule has 1 saturated heterocycles. The Balaban J connectivity index is 1.83. The third-order valence-corrected chi connectivity index (χ3v) is 4.10. The summed E-state index contributed by atoms with van der Waals surface area (Å²) >= 11 is 1.69. The third kappa shape index (κ3) is 2.13. The second-order valence-corrected chi connectivity index (χ2v) is 5.50. The molecule has 2 N–H and O–H groups in total. The summed E-state index contributed by atoms with van der Waals surface area (Å²) < 4.78 is 0. The lowest BCUT2D eigenvalue weighted by Gasteiger charge is -2.30. The van der Waals surface area contributed by atoms with Crippen molar-refractivity contribution in [3.8, 4) is 11.4 Å². The average molecular weight is 263 g/mol. The predicted molar refractivity (Wildman–Crippen MR) is 74.1 cm³/mol. The lowest BCUT2D eigenvalue weighted by atomic mass is 10.2. The molecule has 2 aromatic heterocycles. The quantitative estimate of drug-likeness (QED) is 0.865. The zero-order valence-electron chi connectivity index (χ0n) is 10.6. The summed E-state index contributed by atoms with van der Waals surface area (Å²) in [6, 6.07) is 0.489. The van der Waals surface area contributed by atoms with Gasteiger partial charge in [-0.15, -0.1) is 5.10 Å². The van der Waals surface area contributed by atoms with E-state index in [1.807, 2.05) is 0 Å². The maximum Gasteiger partial charge on any atom is 0.245 e. The first-order chi connectivity index (χ1) is 8.74. The van der Waals surface area contributed by atoms with Crippen LogP contribution in [0.3, 0.4) is 0 Å². The number of nitrogens with zero attached hydrogens (tertiary/aromatic N) is 3. The van der Waals surface area contributed by atoms with Crippen LogP contribution in [0.5, 0.6) is 0 Å². The summed E-state index contributed by atoms with van der Waals surface area (Å²) in [5.41, 5.74) is 2.40. The van der Waals surface area contributed by atoms with E-state index in [0.29, 0.717) is 6.04 Å². The van der Waals surface area contributed by atoms with Crippen LogP contribution in [0.25, 0.3) is 11.4 Å². The lowest BCUT2D eigenvalue weighted by Crippen LogP contribution is -2.49. The van der Waals surface area contributed by atoms with Gasteiger partial charge < -0.3 is 10.2 Å². The van der Waals surface area contributed by atoms with Crippen molar-refractivity contribution >= 4 is 17.3 Å². The molecule has 0 radical (unpaired) electrons. The molecule has 2 aromatic rings. The summed E-state index contributed by atoms with van der Waals surface area (Å²) in [5.74, 6) is 1.68. The fourth-order valence-corrected chi connectivity index (χ4v) is 3.06. The van der Waals surface area contributed by atoms with Gasteiger partial charge >= 0.3 is 0 Å². The van der Waals surface area contributed by atoms with Gasteiger partial charge in [-0.2, -0.15) is 16.3 Å². The fourth-order valence-electron chi connectivity index (χ4n) is 2.23. The second-order valence-electron chi connectivity index (χ2n) is 4.75. The molecule has 0 bridgehead atoms. The summed E-state index contributed by atoms with van der Waals surface area (Å²) in [6.07, 6.45) is 0. The Labute approximate surface area is 110 Å². The van der Waals surface area contributed by atoms with E-state index in [1.165, 1.54) is 5.56 Å². The second kappa shape index (κ2) is 4.70. The van der Waals surface area contributed by atoms with E-state index in [9.17, 15) is 0 Å². The van der Waals surface area contributed by atoms with Crippen LogP contribution in [0.1, 0.15) is 12.5 Å². The topological polar surface area (TPSA) is 56.8 Å². The van der Waals surface area contributed by atoms with Gasteiger partial charge in [-0.3, -0.25) is 5.10 Å². The zero-order valence-corrected chi connectivity index (χ0v) is 11.4. The Morgan fingerprint density at radius 2 is 2.33 bits per heavy atom. The Kier molecular flexibility index (Phi) is 3.05. The molecule has 18 heavy (non-hydrogen) atoms. The minimum atomic E-state index is 0.489. The predicted octanol–water partition coefficient (Wildman–Crippen LogP) is 1.64. The van der Waals surface area contributed by atoms with Gasteiger partial charge in [-0.1, -0.05) is 0 Å². The van der Waals surface area contributed by atoms with Gasteiger partial charge in [0.1, 0.15) is 0 Å². The molecule has 0 spiro atoms. The molecule has 0 aliphatic carbocycles. The first-order valence-corrected chi connectivity index (χ1v) is 7.12. The molecule has 1 aliphatic rings. The van der Waals surface area contributed by atoms with Gasteiger partial charge in [-0.05, 0) is 24.8 Å². The van der Waals surface area contributed by atoms with E-state index < -0.39 is 0 Å². The van der Waals surface area contributed by atoms with E-state index in [1.54, 1.807) is 11.3 Å². The van der Waals surface area contributed by atoms with Crippen molar-refractivity contribution < 1.29 is 0 Å². The lowest BCUT2D eigenvalue weighted by molar-refractivity contribution is 0.480. The number of aromatic nitrogens is 3. The van der Waals surface area contributed by atoms with Crippen molar-refractivity contribution in [2.45, 2.75) is 19.9 Å². The van der Waals surface area contributed by atoms with Crippen molar-refractivity contribution in [3.63, 3.8) is 0 Å². The van der Waals surface area contributed by atoms with E-state index in [0.717, 1.165) is 37.0 Å². The van der Waals surface area contributed by atoms with Crippen molar-refractivity contribution in [3.05, 3.63) is 16.3 Å². The first-order valence-electron chi connectivity index (χ1n) is 6.18. The van der Waals surface area contributed by atoms with Gasteiger partial charge in [-0.25, -0.2) is 0 Å². The van der Waals surface area contributed by atoms with Crippen LogP contribution in [0.2, 0.25) is 0 Å². The largest absolute Gasteiger partial charge is 0.337 e. The first kappa shape index (κ1) is 11.7. The smallest absolute Gasteiger partial charge is 0.245 e. The van der Waals surface area contributed by atoms with Gasteiger partial charge in [0.15, 0.2) is 5.82 Å². The number of piperazine rings is 1. The maximum atomic E-state index is 4.61. The SMILES string of the molecule is Cc1cscc1-c1nc(N2CCN[C@H](C)C2)n[nH]1. The molecule has 0 saturated carbocycles. The summed E-state index contributed by atoms with van der Waals surface area (Å²) in [5, 5.41) is 15.0. The highest BCUT2D eigenvalue weighted by molar-refractivity contribution is 7.08. The van der Waals surface area contributed by atoms with E-state index in [2.05, 4.69) is 50.0 Å². The van der Waals surface area contributed by atoms with Gasteiger partial charge in [0, 0.05) is 36.6 Å². The minimum Gasteiger partial charge on any atom is -0.337 e. The van der Waals surface area contributed by atoms with Crippen LogP contribution in [-0.4, -0.2) is 40.9 Å². The molecule has 3 heterocycles. The normalized spacial score (nSPS) is 20.3. The number of anilines is 1. The summed E-state index contributed by atoms with van der Waals surface area (Å²) in [7, 11) is 0. The Hall–Kier alpha value is -1.40. The number of H-pyrrole nitrogens is 1. The number of aromatic amines is 1. The highest BCUT2D eigenvalue weighted by Gasteiger charge is 2.19. The van der Waals surface area contributed by atoms with E-state index in [4.69, 9.17) is 0 Å². The summed E-state index contributed by atoms with van der Waals surface area (Å²) in [6.45, 7) is 7.19. The number of nitrogens with one attached hydrogen (secondary N) is 2. The van der Waals surface area contributed by atoms with E-state index >= 15 is 0 Å². The zero-order chi connectivity index (χ0) is 12.5. The van der Waals surface area contributed by atoms with Crippen LogP contribution in [0, 0.1) is 6.92 Å². The van der Waals surface area contributed by atoms with Gasteiger partial charge in [0.2, 0.25) is 5.95 Å². The molecule has 96 valence electrons. The molecular weight excluding hydrogens is 246 g/mol. The van der Waals surface area contributed by atoms with Crippen LogP contribution >= 0.6 is 11.3 Å². The maximum absolute atomic E-state index is 4.61. The van der Waals surface area contributed by atoms with Crippen LogP contribution in [0.15, 0.2) is 10.8 Å². The highest BCUT2D eigenvalue weighted by Crippen LogP contribution is 2.25. The molecular formula is C12H17N5S. The Morgan fingerprint density at radius 1 is 1.44 bits per heavy atom. The fraction of sp³-hybridized carbons (Fsp3) is 0.500. The van der Waals surface area contributed by atoms with Crippen molar-refractivity contribution in [1.29, 1.82) is 0 Å². The monoisotopic (exact) mass is 263 g/mol. The molecule has 0 amide bonds. The standard InChI is InChI=1S/C12H17N5S/c1-8-6-18-7-10(8)11-14-12(16-15-11)17-4-3-13-9(2)5-17/h6-7,9,13H,3-5H2,1-2H3,(H,14,15,16)/t9-/m1/s1. The van der Waals surface area contributed by atoms with E-state index in [-0.39, 0.29) is 0 Å². The van der Waals surface area contributed by atoms with Gasteiger partial charge in [0.05, 0.1) is 0 Å². The number of hydrogen-bond donors (Lipinski definition) is 2. The molecule has 3 rings (SSSR count). The molecule has 1 aliphatic heterocycles.